The maximum Gasteiger partial charge on any atom is 0.349 e. The third-order valence-corrected chi connectivity index (χ3v) is 5.40. The molecule has 0 spiro atoms. The number of hydrogen-bond donors (Lipinski definition) is 1. The summed E-state index contributed by atoms with van der Waals surface area (Å²) >= 11 is 15.2. The maximum absolute atomic E-state index is 12.0. The van der Waals surface area contributed by atoms with Gasteiger partial charge in [0.1, 0.15) is 23.0 Å². The quantitative estimate of drug-likeness (QED) is 0.151. The molecule has 0 radical (unpaired) electrons. The summed E-state index contributed by atoms with van der Waals surface area (Å²) in [5.74, 6) is 0.764. The average molecular weight is 582 g/mol. The van der Waals surface area contributed by atoms with Crippen molar-refractivity contribution in [1.82, 2.24) is 5.43 Å². The first-order chi connectivity index (χ1) is 16.8. The minimum atomic E-state index is -0.604. The number of halogens is 3. The van der Waals surface area contributed by atoms with Crippen molar-refractivity contribution in [3.05, 3.63) is 80.7 Å². The smallest absolute Gasteiger partial charge is 0.349 e. The minimum absolute atomic E-state index is 0.222. The summed E-state index contributed by atoms with van der Waals surface area (Å²) in [6, 6.07) is 16.3. The number of carbonyl (C=O) groups excluding carboxylic acids is 2. The van der Waals surface area contributed by atoms with E-state index in [-0.39, 0.29) is 13.2 Å². The first kappa shape index (κ1) is 26.3. The second-order valence-electron chi connectivity index (χ2n) is 6.78. The number of amides is 1. The highest BCUT2D eigenvalue weighted by Gasteiger charge is 2.09. The largest absolute Gasteiger partial charge is 0.497 e. The number of esters is 1. The molecular weight excluding hydrogens is 563 g/mol. The molecular formula is C24H19BrCl2N2O6. The summed E-state index contributed by atoms with van der Waals surface area (Å²) in [4.78, 5) is 23.9. The molecule has 0 heterocycles. The van der Waals surface area contributed by atoms with Crippen molar-refractivity contribution in [2.75, 3.05) is 20.3 Å². The van der Waals surface area contributed by atoms with Gasteiger partial charge in [0, 0.05) is 5.02 Å². The van der Waals surface area contributed by atoms with Crippen LogP contribution in [-0.2, 0) is 9.59 Å². The summed E-state index contributed by atoms with van der Waals surface area (Å²) in [7, 11) is 1.56. The maximum atomic E-state index is 12.0. The zero-order valence-corrected chi connectivity index (χ0v) is 21.4. The van der Waals surface area contributed by atoms with Gasteiger partial charge in [-0.1, -0.05) is 23.2 Å². The molecule has 1 N–H and O–H groups in total. The Kier molecular flexibility index (Phi) is 9.77. The number of hydrogen-bond acceptors (Lipinski definition) is 7. The summed E-state index contributed by atoms with van der Waals surface area (Å²) in [5, 5.41) is 4.64. The average Bonchev–Trinajstić information content (AvgIpc) is 2.83. The van der Waals surface area contributed by atoms with Crippen LogP contribution in [0.25, 0.3) is 0 Å². The van der Waals surface area contributed by atoms with Gasteiger partial charge in [-0.15, -0.1) is 0 Å². The summed E-state index contributed by atoms with van der Waals surface area (Å²) in [6.45, 7) is -0.549. The molecule has 11 heteroatoms. The lowest BCUT2D eigenvalue weighted by molar-refractivity contribution is -0.136. The van der Waals surface area contributed by atoms with Crippen LogP contribution in [0, 0.1) is 0 Å². The predicted octanol–water partition coefficient (Wildman–Crippen LogP) is 5.28. The van der Waals surface area contributed by atoms with E-state index in [0.717, 1.165) is 0 Å². The molecule has 8 nitrogen and oxygen atoms in total. The van der Waals surface area contributed by atoms with E-state index in [2.05, 4.69) is 26.5 Å². The Morgan fingerprint density at radius 1 is 0.943 bits per heavy atom. The van der Waals surface area contributed by atoms with E-state index in [0.29, 0.717) is 43.1 Å². The lowest BCUT2D eigenvalue weighted by Gasteiger charge is -2.09. The molecule has 3 aromatic carbocycles. The van der Waals surface area contributed by atoms with Crippen molar-refractivity contribution in [3.63, 3.8) is 0 Å². The van der Waals surface area contributed by atoms with Crippen molar-refractivity contribution in [2.24, 2.45) is 5.10 Å². The molecule has 3 rings (SSSR count). The van der Waals surface area contributed by atoms with Gasteiger partial charge in [-0.3, -0.25) is 4.79 Å². The normalized spacial score (nSPS) is 10.6. The van der Waals surface area contributed by atoms with Crippen molar-refractivity contribution in [2.45, 2.75) is 0 Å². The van der Waals surface area contributed by atoms with Gasteiger partial charge >= 0.3 is 5.97 Å². The molecule has 1 amide bonds. The Hall–Kier alpha value is -3.27. The van der Waals surface area contributed by atoms with E-state index in [1.165, 1.54) is 12.3 Å². The van der Waals surface area contributed by atoms with Gasteiger partial charge in [0.05, 0.1) is 22.8 Å². The molecule has 3 aromatic rings. The molecule has 0 aliphatic heterocycles. The number of methoxy groups -OCH3 is 1. The number of hydrazone groups is 1. The SMILES string of the molecule is COc1ccc(OCC(=O)N/N=C/c2ccc(OC(=O)COc3ccc(Cl)cc3Cl)cc2)c(Br)c1. The Morgan fingerprint density at radius 3 is 2.31 bits per heavy atom. The van der Waals surface area contributed by atoms with Crippen molar-refractivity contribution in [1.29, 1.82) is 0 Å². The standard InChI is InChI=1S/C24H19BrCl2N2O6/c1-32-18-7-9-21(19(25)11-18)33-13-23(30)29-28-12-15-2-5-17(6-3-15)35-24(31)14-34-22-8-4-16(26)10-20(22)27/h2-12H,13-14H2,1H3,(H,29,30)/b28-12+. The van der Waals surface area contributed by atoms with Crippen LogP contribution in [0.3, 0.4) is 0 Å². The fraction of sp³-hybridized carbons (Fsp3) is 0.125. The van der Waals surface area contributed by atoms with E-state index in [9.17, 15) is 9.59 Å². The van der Waals surface area contributed by atoms with Crippen molar-refractivity contribution in [3.8, 4) is 23.0 Å². The molecule has 0 unspecified atom stereocenters. The lowest BCUT2D eigenvalue weighted by Crippen LogP contribution is -2.24. The summed E-state index contributed by atoms with van der Waals surface area (Å²) in [5.41, 5.74) is 3.05. The molecule has 0 saturated carbocycles. The van der Waals surface area contributed by atoms with E-state index < -0.39 is 11.9 Å². The summed E-state index contributed by atoms with van der Waals surface area (Å²) < 4.78 is 21.8. The van der Waals surface area contributed by atoms with Crippen LogP contribution in [-0.4, -0.2) is 38.4 Å². The fourth-order valence-corrected chi connectivity index (χ4v) is 3.53. The Balaban J connectivity index is 1.41. The van der Waals surface area contributed by atoms with Gasteiger partial charge < -0.3 is 18.9 Å². The number of benzene rings is 3. The molecule has 35 heavy (non-hydrogen) atoms. The third-order valence-electron chi connectivity index (χ3n) is 4.25. The molecule has 0 atom stereocenters. The third kappa shape index (κ3) is 8.47. The fourth-order valence-electron chi connectivity index (χ4n) is 2.59. The Bertz CT molecular complexity index is 1220. The lowest BCUT2D eigenvalue weighted by atomic mass is 10.2. The topological polar surface area (TPSA) is 95.5 Å². The van der Waals surface area contributed by atoms with Gasteiger partial charge in [0.25, 0.3) is 5.91 Å². The molecule has 0 fully saturated rings. The highest BCUT2D eigenvalue weighted by Crippen LogP contribution is 2.29. The van der Waals surface area contributed by atoms with Crippen LogP contribution in [0.5, 0.6) is 23.0 Å². The van der Waals surface area contributed by atoms with Gasteiger partial charge in [-0.05, 0) is 82.2 Å². The predicted molar refractivity (Wildman–Crippen MR) is 136 cm³/mol. The molecule has 0 bridgehead atoms. The van der Waals surface area contributed by atoms with Crippen LogP contribution in [0.4, 0.5) is 0 Å². The van der Waals surface area contributed by atoms with Gasteiger partial charge in [-0.2, -0.15) is 5.10 Å². The van der Waals surface area contributed by atoms with E-state index in [4.69, 9.17) is 42.1 Å². The van der Waals surface area contributed by atoms with Crippen LogP contribution in [0.1, 0.15) is 5.56 Å². The van der Waals surface area contributed by atoms with Crippen LogP contribution < -0.4 is 24.4 Å². The number of nitrogens with zero attached hydrogens (tertiary/aromatic N) is 1. The monoisotopic (exact) mass is 580 g/mol. The molecule has 0 saturated heterocycles. The number of rotatable bonds is 10. The molecule has 0 aromatic heterocycles. The van der Waals surface area contributed by atoms with Gasteiger partial charge in [0.2, 0.25) is 0 Å². The minimum Gasteiger partial charge on any atom is -0.497 e. The van der Waals surface area contributed by atoms with E-state index in [1.807, 2.05) is 0 Å². The Labute approximate surface area is 219 Å². The first-order valence-electron chi connectivity index (χ1n) is 10.0. The second kappa shape index (κ2) is 13.0. The number of ether oxygens (including phenoxy) is 4. The zero-order valence-electron chi connectivity index (χ0n) is 18.3. The Morgan fingerprint density at radius 2 is 1.63 bits per heavy atom. The van der Waals surface area contributed by atoms with Crippen molar-refractivity contribution >= 4 is 57.2 Å². The molecule has 0 aliphatic rings. The van der Waals surface area contributed by atoms with E-state index in [1.54, 1.807) is 61.7 Å². The first-order valence-corrected chi connectivity index (χ1v) is 11.6. The number of carbonyl (C=O) groups is 2. The van der Waals surface area contributed by atoms with Crippen molar-refractivity contribution < 1.29 is 28.5 Å². The zero-order chi connectivity index (χ0) is 25.2. The molecule has 182 valence electrons. The summed E-state index contributed by atoms with van der Waals surface area (Å²) in [6.07, 6.45) is 1.44. The highest BCUT2D eigenvalue weighted by molar-refractivity contribution is 9.10. The highest BCUT2D eigenvalue weighted by atomic mass is 79.9. The van der Waals surface area contributed by atoms with Gasteiger partial charge in [0.15, 0.2) is 13.2 Å². The number of nitrogens with one attached hydrogen (secondary N) is 1. The van der Waals surface area contributed by atoms with Gasteiger partial charge in [-0.25, -0.2) is 10.2 Å². The van der Waals surface area contributed by atoms with Crippen LogP contribution >= 0.6 is 39.1 Å². The van der Waals surface area contributed by atoms with Crippen LogP contribution in [0.2, 0.25) is 10.0 Å². The second-order valence-corrected chi connectivity index (χ2v) is 8.48. The molecule has 0 aliphatic carbocycles. The van der Waals surface area contributed by atoms with E-state index >= 15 is 0 Å². The van der Waals surface area contributed by atoms with Crippen LogP contribution in [0.15, 0.2) is 70.2 Å².